The number of nitrogens with one attached hydrogen (secondary N) is 2. The summed E-state index contributed by atoms with van der Waals surface area (Å²) >= 11 is 0. The molecule has 9 heteroatoms. The average molecular weight is 399 g/mol. The van der Waals surface area contributed by atoms with Crippen LogP contribution in [0.15, 0.2) is 12.1 Å². The number of nitriles is 1. The summed E-state index contributed by atoms with van der Waals surface area (Å²) in [5, 5.41) is 14.7. The number of hydrogen-bond donors (Lipinski definition) is 2. The van der Waals surface area contributed by atoms with Crippen LogP contribution < -0.4 is 15.4 Å². The first-order valence-corrected chi connectivity index (χ1v) is 8.78. The van der Waals surface area contributed by atoms with Gasteiger partial charge in [0.2, 0.25) is 5.60 Å². The van der Waals surface area contributed by atoms with Crippen LogP contribution in [-0.2, 0) is 4.74 Å². The molecule has 154 valence electrons. The minimum absolute atomic E-state index is 0.196. The highest BCUT2D eigenvalue weighted by Crippen LogP contribution is 2.39. The first-order chi connectivity index (χ1) is 12.8. The Morgan fingerprint density at radius 1 is 1.36 bits per heavy atom. The molecule has 0 radical (unpaired) electrons. The van der Waals surface area contributed by atoms with E-state index in [2.05, 4.69) is 21.4 Å². The SMILES string of the molecule is Cc1c(NC(=O)OC(C)(C)C(F)(F)F)ccc2c1NC[C@@H](CC(C)(C)C#N)O2. The molecule has 1 aromatic rings. The smallest absolute Gasteiger partial charge is 0.427 e. The quantitative estimate of drug-likeness (QED) is 0.745. The van der Waals surface area contributed by atoms with E-state index in [1.54, 1.807) is 13.0 Å². The standard InChI is InChI=1S/C19H24F3N3O3/c1-11-13(25-16(26)28-18(4,5)19(20,21)22)6-7-14-15(11)24-9-12(27-14)8-17(2,3)10-23/h6-7,12,24H,8-9H2,1-5H3,(H,25,26)/t12-/m1/s1. The molecule has 0 bridgehead atoms. The van der Waals surface area contributed by atoms with Crippen LogP contribution in [0.3, 0.4) is 0 Å². The maximum Gasteiger partial charge on any atom is 0.427 e. The highest BCUT2D eigenvalue weighted by atomic mass is 19.4. The van der Waals surface area contributed by atoms with Gasteiger partial charge in [0.1, 0.15) is 11.9 Å². The van der Waals surface area contributed by atoms with Gasteiger partial charge in [-0.1, -0.05) is 0 Å². The van der Waals surface area contributed by atoms with Gasteiger partial charge in [-0.3, -0.25) is 5.32 Å². The van der Waals surface area contributed by atoms with Crippen LogP contribution in [0.1, 0.15) is 39.7 Å². The zero-order chi connectivity index (χ0) is 21.3. The van der Waals surface area contributed by atoms with Crippen molar-refractivity contribution in [3.8, 4) is 11.8 Å². The number of carbonyl (C=O) groups is 1. The van der Waals surface area contributed by atoms with E-state index in [9.17, 15) is 18.0 Å². The van der Waals surface area contributed by atoms with Gasteiger partial charge in [-0.05, 0) is 52.3 Å². The minimum atomic E-state index is -4.68. The molecule has 6 nitrogen and oxygen atoms in total. The third-order valence-corrected chi connectivity index (χ3v) is 4.53. The molecule has 0 fully saturated rings. The van der Waals surface area contributed by atoms with Crippen LogP contribution in [0.2, 0.25) is 0 Å². The second-order valence-corrected chi connectivity index (χ2v) is 7.95. The fourth-order valence-corrected chi connectivity index (χ4v) is 2.73. The Balaban J connectivity index is 2.11. The van der Waals surface area contributed by atoms with E-state index in [4.69, 9.17) is 10.00 Å². The molecule has 1 aliphatic heterocycles. The highest BCUT2D eigenvalue weighted by Gasteiger charge is 2.51. The first-order valence-electron chi connectivity index (χ1n) is 8.78. The van der Waals surface area contributed by atoms with Crippen LogP contribution >= 0.6 is 0 Å². The van der Waals surface area contributed by atoms with Crippen molar-refractivity contribution in [1.82, 2.24) is 0 Å². The Morgan fingerprint density at radius 2 is 2.00 bits per heavy atom. The van der Waals surface area contributed by atoms with Crippen molar-refractivity contribution in [2.24, 2.45) is 5.41 Å². The fraction of sp³-hybridized carbons (Fsp3) is 0.579. The van der Waals surface area contributed by atoms with E-state index >= 15 is 0 Å². The number of hydrogen-bond acceptors (Lipinski definition) is 5. The Morgan fingerprint density at radius 3 is 2.57 bits per heavy atom. The van der Waals surface area contributed by atoms with E-state index in [1.807, 2.05) is 13.8 Å². The van der Waals surface area contributed by atoms with E-state index in [0.29, 0.717) is 35.7 Å². The van der Waals surface area contributed by atoms with Crippen molar-refractivity contribution < 1.29 is 27.4 Å². The second kappa shape index (κ2) is 7.41. The maximum atomic E-state index is 12.9. The molecular weight excluding hydrogens is 375 g/mol. The van der Waals surface area contributed by atoms with Crippen molar-refractivity contribution in [1.29, 1.82) is 5.26 Å². The lowest BCUT2D eigenvalue weighted by atomic mass is 9.88. The molecule has 0 unspecified atom stereocenters. The van der Waals surface area contributed by atoms with Crippen LogP contribution in [0.25, 0.3) is 0 Å². The highest BCUT2D eigenvalue weighted by molar-refractivity contribution is 5.88. The predicted molar refractivity (Wildman–Crippen MR) is 98.3 cm³/mol. The minimum Gasteiger partial charge on any atom is -0.486 e. The number of nitrogens with zero attached hydrogens (tertiary/aromatic N) is 1. The molecule has 0 aliphatic carbocycles. The van der Waals surface area contributed by atoms with E-state index in [1.165, 1.54) is 6.07 Å². The molecule has 0 saturated carbocycles. The van der Waals surface area contributed by atoms with Gasteiger partial charge in [0, 0.05) is 12.1 Å². The number of fused-ring (bicyclic) bond motifs is 1. The van der Waals surface area contributed by atoms with Gasteiger partial charge >= 0.3 is 12.3 Å². The number of anilines is 2. The zero-order valence-corrected chi connectivity index (χ0v) is 16.5. The van der Waals surface area contributed by atoms with Crippen molar-refractivity contribution >= 4 is 17.5 Å². The van der Waals surface area contributed by atoms with Crippen LogP contribution in [0, 0.1) is 23.7 Å². The third kappa shape index (κ3) is 4.80. The normalized spacial score (nSPS) is 16.9. The van der Waals surface area contributed by atoms with Crippen LogP contribution in [0.5, 0.6) is 5.75 Å². The van der Waals surface area contributed by atoms with Gasteiger partial charge in [0.15, 0.2) is 0 Å². The largest absolute Gasteiger partial charge is 0.486 e. The zero-order valence-electron chi connectivity index (χ0n) is 16.5. The molecule has 0 spiro atoms. The maximum absolute atomic E-state index is 12.9. The molecule has 28 heavy (non-hydrogen) atoms. The molecule has 1 heterocycles. The molecule has 1 aliphatic rings. The molecule has 1 atom stereocenters. The van der Waals surface area contributed by atoms with Gasteiger partial charge in [0.05, 0.1) is 23.7 Å². The predicted octanol–water partition coefficient (Wildman–Crippen LogP) is 5.00. The number of halogens is 3. The molecule has 2 rings (SSSR count). The Kier molecular flexibility index (Phi) is 5.74. The monoisotopic (exact) mass is 399 g/mol. The van der Waals surface area contributed by atoms with Gasteiger partial charge in [0.25, 0.3) is 0 Å². The summed E-state index contributed by atoms with van der Waals surface area (Å²) in [6.07, 6.45) is -5.54. The fourth-order valence-electron chi connectivity index (χ4n) is 2.73. The first kappa shape index (κ1) is 21.7. The van der Waals surface area contributed by atoms with Crippen molar-refractivity contribution in [2.75, 3.05) is 17.2 Å². The van der Waals surface area contributed by atoms with E-state index in [-0.39, 0.29) is 6.10 Å². The molecule has 0 saturated heterocycles. The lowest BCUT2D eigenvalue weighted by Gasteiger charge is -2.32. The van der Waals surface area contributed by atoms with Gasteiger partial charge in [-0.25, -0.2) is 4.79 Å². The lowest BCUT2D eigenvalue weighted by molar-refractivity contribution is -0.242. The average Bonchev–Trinajstić information content (AvgIpc) is 2.55. The third-order valence-electron chi connectivity index (χ3n) is 4.53. The summed E-state index contributed by atoms with van der Waals surface area (Å²) in [7, 11) is 0. The van der Waals surface area contributed by atoms with Crippen molar-refractivity contribution in [2.45, 2.75) is 58.9 Å². The molecular formula is C19H24F3N3O3. The van der Waals surface area contributed by atoms with Crippen molar-refractivity contribution in [3.63, 3.8) is 0 Å². The Labute approximate surface area is 162 Å². The number of amides is 1. The van der Waals surface area contributed by atoms with Gasteiger partial charge in [-0.2, -0.15) is 18.4 Å². The molecule has 1 aromatic carbocycles. The number of alkyl halides is 3. The molecule has 1 amide bonds. The van der Waals surface area contributed by atoms with Crippen LogP contribution in [-0.4, -0.2) is 30.5 Å². The summed E-state index contributed by atoms with van der Waals surface area (Å²) in [5.41, 5.74) is -1.58. The Hall–Kier alpha value is -2.63. The summed E-state index contributed by atoms with van der Waals surface area (Å²) in [6.45, 7) is 7.40. The second-order valence-electron chi connectivity index (χ2n) is 7.95. The Bertz CT molecular complexity index is 798. The number of rotatable bonds is 4. The van der Waals surface area contributed by atoms with E-state index < -0.39 is 23.3 Å². The number of carbonyl (C=O) groups excluding carboxylic acids is 1. The number of benzene rings is 1. The van der Waals surface area contributed by atoms with E-state index in [0.717, 1.165) is 13.8 Å². The summed E-state index contributed by atoms with van der Waals surface area (Å²) in [5.74, 6) is 0.553. The summed E-state index contributed by atoms with van der Waals surface area (Å²) < 4.78 is 49.1. The lowest BCUT2D eigenvalue weighted by Crippen LogP contribution is -2.44. The van der Waals surface area contributed by atoms with Crippen LogP contribution in [0.4, 0.5) is 29.3 Å². The van der Waals surface area contributed by atoms with Gasteiger partial charge in [-0.15, -0.1) is 0 Å². The number of ether oxygens (including phenoxy) is 2. The van der Waals surface area contributed by atoms with Crippen molar-refractivity contribution in [3.05, 3.63) is 17.7 Å². The summed E-state index contributed by atoms with van der Waals surface area (Å²) in [4.78, 5) is 11.9. The molecule has 0 aromatic heterocycles. The topological polar surface area (TPSA) is 83.4 Å². The molecule has 2 N–H and O–H groups in total. The summed E-state index contributed by atoms with van der Waals surface area (Å²) in [6, 6.07) is 5.39. The van der Waals surface area contributed by atoms with Gasteiger partial charge < -0.3 is 14.8 Å².